The highest BCUT2D eigenvalue weighted by molar-refractivity contribution is 6.74. The molecule has 1 N–H and O–H groups in total. The van der Waals surface area contributed by atoms with Crippen molar-refractivity contribution in [1.82, 2.24) is 0 Å². The Labute approximate surface area is 148 Å². The summed E-state index contributed by atoms with van der Waals surface area (Å²) in [7, 11) is -0.425. The van der Waals surface area contributed by atoms with Crippen LogP contribution in [0.15, 0.2) is 24.8 Å². The minimum absolute atomic E-state index is 0.0509. The fourth-order valence-corrected chi connectivity index (χ4v) is 3.56. The maximum absolute atomic E-state index is 9.18. The largest absolute Gasteiger partial charge is 0.405 e. The summed E-state index contributed by atoms with van der Waals surface area (Å²) in [5.74, 6) is 0. The zero-order valence-electron chi connectivity index (χ0n) is 16.4. The molecule has 24 heavy (non-hydrogen) atoms. The summed E-state index contributed by atoms with van der Waals surface area (Å²) in [5, 5.41) is 9.24. The van der Waals surface area contributed by atoms with Crippen molar-refractivity contribution in [2.45, 2.75) is 57.5 Å². The SMILES string of the molecule is C=C[C@@H](OCOCCOC)[C@](C)(/C=C/CO)O[Si](C)(C)C(C)(C)C. The van der Waals surface area contributed by atoms with Crippen LogP contribution < -0.4 is 0 Å². The first kappa shape index (κ1) is 23.5. The fraction of sp³-hybridized carbons (Fsp3) is 0.778. The van der Waals surface area contributed by atoms with E-state index < -0.39 is 20.0 Å². The Hall–Kier alpha value is -0.503. The molecule has 0 spiro atoms. The average molecular weight is 361 g/mol. The number of ether oxygens (including phenoxy) is 3. The third-order valence-electron chi connectivity index (χ3n) is 4.38. The number of hydrogen-bond acceptors (Lipinski definition) is 5. The number of rotatable bonds is 12. The van der Waals surface area contributed by atoms with Crippen molar-refractivity contribution in [3.05, 3.63) is 24.8 Å². The molecule has 0 aliphatic heterocycles. The maximum Gasteiger partial charge on any atom is 0.193 e. The molecule has 142 valence electrons. The van der Waals surface area contributed by atoms with Gasteiger partial charge in [-0.25, -0.2) is 0 Å². The third kappa shape index (κ3) is 7.59. The van der Waals surface area contributed by atoms with E-state index in [1.54, 1.807) is 19.3 Å². The van der Waals surface area contributed by atoms with Crippen molar-refractivity contribution in [3.8, 4) is 0 Å². The smallest absolute Gasteiger partial charge is 0.193 e. The Morgan fingerprint density at radius 1 is 1.17 bits per heavy atom. The predicted octanol–water partition coefficient (Wildman–Crippen LogP) is 3.51. The molecule has 0 fully saturated rings. The summed E-state index contributed by atoms with van der Waals surface area (Å²) in [4.78, 5) is 0. The lowest BCUT2D eigenvalue weighted by Crippen LogP contribution is -2.53. The van der Waals surface area contributed by atoms with Crippen LogP contribution in [0.3, 0.4) is 0 Å². The molecule has 0 radical (unpaired) electrons. The second kappa shape index (κ2) is 10.5. The van der Waals surface area contributed by atoms with Crippen molar-refractivity contribution >= 4 is 8.32 Å². The normalized spacial score (nSPS) is 17.0. The van der Waals surface area contributed by atoms with Crippen LogP contribution in [-0.4, -0.2) is 58.9 Å². The van der Waals surface area contributed by atoms with Crippen molar-refractivity contribution in [2.24, 2.45) is 0 Å². The van der Waals surface area contributed by atoms with Crippen LogP contribution in [0, 0.1) is 0 Å². The number of aliphatic hydroxyl groups excluding tert-OH is 1. The molecule has 0 heterocycles. The number of aliphatic hydroxyl groups is 1. The molecule has 6 heteroatoms. The molecule has 0 aromatic carbocycles. The zero-order valence-corrected chi connectivity index (χ0v) is 17.4. The highest BCUT2D eigenvalue weighted by Gasteiger charge is 2.44. The molecule has 0 aliphatic carbocycles. The Kier molecular flexibility index (Phi) is 10.3. The van der Waals surface area contributed by atoms with E-state index in [0.29, 0.717) is 13.2 Å². The van der Waals surface area contributed by atoms with Gasteiger partial charge in [0.15, 0.2) is 8.32 Å². The van der Waals surface area contributed by atoms with E-state index in [4.69, 9.17) is 18.6 Å². The van der Waals surface area contributed by atoms with E-state index in [9.17, 15) is 5.11 Å². The first-order valence-corrected chi connectivity index (χ1v) is 11.2. The van der Waals surface area contributed by atoms with Crippen LogP contribution in [-0.2, 0) is 18.6 Å². The standard InChI is InChI=1S/C18H36O5Si/c1-9-16(22-15-21-14-13-20-6)18(5,11-10-12-19)23-24(7,8)17(2,3)4/h9-11,16,19H,1,12-15H2,2-8H3/b11-10+/t16-,18+/m1/s1. The van der Waals surface area contributed by atoms with Gasteiger partial charge in [-0.2, -0.15) is 0 Å². The van der Waals surface area contributed by atoms with E-state index in [2.05, 4.69) is 40.4 Å². The highest BCUT2D eigenvalue weighted by Crippen LogP contribution is 2.40. The van der Waals surface area contributed by atoms with Crippen LogP contribution in [0.5, 0.6) is 0 Å². The second-order valence-corrected chi connectivity index (χ2v) is 12.2. The van der Waals surface area contributed by atoms with Gasteiger partial charge in [0.25, 0.3) is 0 Å². The van der Waals surface area contributed by atoms with Gasteiger partial charge < -0.3 is 23.7 Å². The van der Waals surface area contributed by atoms with Gasteiger partial charge in [0, 0.05) is 7.11 Å². The minimum Gasteiger partial charge on any atom is -0.405 e. The van der Waals surface area contributed by atoms with Crippen molar-refractivity contribution in [3.63, 3.8) is 0 Å². The van der Waals surface area contributed by atoms with Crippen molar-refractivity contribution in [2.75, 3.05) is 33.7 Å². The molecule has 0 aromatic heterocycles. The van der Waals surface area contributed by atoms with E-state index in [0.717, 1.165) is 0 Å². The van der Waals surface area contributed by atoms with Gasteiger partial charge in [-0.15, -0.1) is 6.58 Å². The van der Waals surface area contributed by atoms with E-state index in [-0.39, 0.29) is 18.4 Å². The molecule has 0 saturated heterocycles. The first-order chi connectivity index (χ1) is 11.0. The number of hydrogen-bond donors (Lipinski definition) is 1. The van der Waals surface area contributed by atoms with Gasteiger partial charge in [0.05, 0.1) is 19.8 Å². The highest BCUT2D eigenvalue weighted by atomic mass is 28.4. The average Bonchev–Trinajstić information content (AvgIpc) is 2.47. The molecule has 0 rings (SSSR count). The van der Waals surface area contributed by atoms with Gasteiger partial charge in [-0.3, -0.25) is 0 Å². The van der Waals surface area contributed by atoms with Gasteiger partial charge in [-0.05, 0) is 25.1 Å². The first-order valence-electron chi connectivity index (χ1n) is 8.33. The van der Waals surface area contributed by atoms with E-state index in [1.807, 2.05) is 13.0 Å². The third-order valence-corrected chi connectivity index (χ3v) is 8.94. The topological polar surface area (TPSA) is 57.2 Å². The van der Waals surface area contributed by atoms with Crippen LogP contribution in [0.25, 0.3) is 0 Å². The predicted molar refractivity (Wildman–Crippen MR) is 101 cm³/mol. The Morgan fingerprint density at radius 2 is 1.79 bits per heavy atom. The minimum atomic E-state index is -2.05. The van der Waals surface area contributed by atoms with Crippen LogP contribution in [0.1, 0.15) is 27.7 Å². The van der Waals surface area contributed by atoms with Crippen molar-refractivity contribution in [1.29, 1.82) is 0 Å². The summed E-state index contributed by atoms with van der Waals surface area (Å²) >= 11 is 0. The van der Waals surface area contributed by atoms with E-state index >= 15 is 0 Å². The van der Waals surface area contributed by atoms with Gasteiger partial charge in [-0.1, -0.05) is 39.0 Å². The Morgan fingerprint density at radius 3 is 2.25 bits per heavy atom. The second-order valence-electron chi connectivity index (χ2n) is 7.47. The van der Waals surface area contributed by atoms with Gasteiger partial charge >= 0.3 is 0 Å². The summed E-state index contributed by atoms with van der Waals surface area (Å²) in [5.41, 5.74) is -0.724. The lowest BCUT2D eigenvalue weighted by Gasteiger charge is -2.45. The lowest BCUT2D eigenvalue weighted by molar-refractivity contribution is -0.124. The molecule has 0 aliphatic rings. The molecule has 2 atom stereocenters. The molecule has 0 bridgehead atoms. The van der Waals surface area contributed by atoms with Crippen LogP contribution in [0.2, 0.25) is 18.1 Å². The summed E-state index contributed by atoms with van der Waals surface area (Å²) in [6.45, 7) is 17.8. The number of methoxy groups -OCH3 is 1. The maximum atomic E-state index is 9.18. The van der Waals surface area contributed by atoms with Crippen molar-refractivity contribution < 1.29 is 23.7 Å². The quantitative estimate of drug-likeness (QED) is 0.250. The summed E-state index contributed by atoms with van der Waals surface area (Å²) in [6, 6.07) is 0. The van der Waals surface area contributed by atoms with Gasteiger partial charge in [0.2, 0.25) is 0 Å². The molecule has 0 aromatic rings. The molecular weight excluding hydrogens is 324 g/mol. The fourth-order valence-electron chi connectivity index (χ4n) is 1.97. The Bertz CT molecular complexity index is 389. The monoisotopic (exact) mass is 360 g/mol. The Balaban J connectivity index is 5.17. The molecule has 0 saturated carbocycles. The van der Waals surface area contributed by atoms with Crippen LogP contribution >= 0.6 is 0 Å². The molecule has 0 amide bonds. The van der Waals surface area contributed by atoms with Gasteiger partial charge in [0.1, 0.15) is 18.5 Å². The van der Waals surface area contributed by atoms with E-state index in [1.165, 1.54) is 0 Å². The molecule has 5 nitrogen and oxygen atoms in total. The molecule has 0 unspecified atom stereocenters. The molecular formula is C18H36O5Si. The zero-order chi connectivity index (χ0) is 18.9. The summed E-state index contributed by atoms with van der Waals surface area (Å²) in [6.07, 6.45) is 4.86. The summed E-state index contributed by atoms with van der Waals surface area (Å²) < 4.78 is 22.7. The van der Waals surface area contributed by atoms with Crippen LogP contribution in [0.4, 0.5) is 0 Å². The lowest BCUT2D eigenvalue weighted by atomic mass is 9.98.